The van der Waals surface area contributed by atoms with Crippen molar-refractivity contribution in [3.05, 3.63) is 30.1 Å². The van der Waals surface area contributed by atoms with Crippen molar-refractivity contribution in [3.63, 3.8) is 0 Å². The van der Waals surface area contributed by atoms with Crippen LogP contribution in [0.3, 0.4) is 0 Å². The van der Waals surface area contributed by atoms with Gasteiger partial charge in [0.1, 0.15) is 17.0 Å². The van der Waals surface area contributed by atoms with Crippen LogP contribution in [0.4, 0.5) is 19.7 Å². The van der Waals surface area contributed by atoms with Crippen molar-refractivity contribution >= 4 is 23.7 Å². The number of halogens is 1. The number of piperidine rings is 1. The Hall–Kier alpha value is -2.64. The first-order valence-corrected chi connectivity index (χ1v) is 8.51. The molecule has 2 saturated heterocycles. The highest BCUT2D eigenvalue weighted by molar-refractivity contribution is 6.17. The third-order valence-electron chi connectivity index (χ3n) is 4.58. The fraction of sp³-hybridized carbons (Fsp3) is 0.500. The maximum atomic E-state index is 13.6. The highest BCUT2D eigenvalue weighted by atomic mass is 19.1. The number of amides is 4. The number of nitrogens with zero attached hydrogens (tertiary/aromatic N) is 2. The summed E-state index contributed by atoms with van der Waals surface area (Å²) < 4.78 is 19.0. The van der Waals surface area contributed by atoms with Crippen molar-refractivity contribution in [2.45, 2.75) is 44.8 Å². The quantitative estimate of drug-likeness (QED) is 0.778. The van der Waals surface area contributed by atoms with Crippen molar-refractivity contribution in [1.82, 2.24) is 10.2 Å². The highest BCUT2D eigenvalue weighted by Crippen LogP contribution is 2.37. The van der Waals surface area contributed by atoms with E-state index in [-0.39, 0.29) is 25.9 Å². The Balaban J connectivity index is 1.82. The van der Waals surface area contributed by atoms with Crippen LogP contribution in [0.15, 0.2) is 24.3 Å². The van der Waals surface area contributed by atoms with E-state index in [4.69, 9.17) is 4.74 Å². The summed E-state index contributed by atoms with van der Waals surface area (Å²) in [6, 6.07) is 5.00. The van der Waals surface area contributed by atoms with Gasteiger partial charge in [-0.15, -0.1) is 0 Å². The Morgan fingerprint density at radius 3 is 2.46 bits per heavy atom. The van der Waals surface area contributed by atoms with Crippen LogP contribution in [0.25, 0.3) is 0 Å². The average Bonchev–Trinajstić information content (AvgIpc) is 2.76. The standard InChI is InChI=1S/C18H22FN3O4/c1-17(2,3)26-16(25)21-9-7-18(8-10-21)14(23)20-15(24)22(18)13-6-4-5-12(19)11-13/h4-6,11H,7-10H2,1-3H3,(H,20,23,24). The number of imide groups is 1. The Kier molecular flexibility index (Phi) is 4.37. The van der Waals surface area contributed by atoms with Gasteiger partial charge in [-0.25, -0.2) is 14.0 Å². The first kappa shape index (κ1) is 18.2. The van der Waals surface area contributed by atoms with Gasteiger partial charge in [-0.05, 0) is 51.8 Å². The van der Waals surface area contributed by atoms with Crippen molar-refractivity contribution in [3.8, 4) is 0 Å². The molecule has 1 N–H and O–H groups in total. The van der Waals surface area contributed by atoms with Gasteiger partial charge < -0.3 is 9.64 Å². The lowest BCUT2D eigenvalue weighted by molar-refractivity contribution is -0.124. The number of carbonyl (C=O) groups is 3. The molecule has 3 rings (SSSR count). The van der Waals surface area contributed by atoms with E-state index in [2.05, 4.69) is 5.32 Å². The van der Waals surface area contributed by atoms with Gasteiger partial charge >= 0.3 is 12.1 Å². The van der Waals surface area contributed by atoms with Crippen LogP contribution in [-0.4, -0.2) is 47.2 Å². The Labute approximate surface area is 151 Å². The molecule has 8 heteroatoms. The van der Waals surface area contributed by atoms with Gasteiger partial charge in [0.05, 0.1) is 0 Å². The molecule has 2 fully saturated rings. The summed E-state index contributed by atoms with van der Waals surface area (Å²) in [6.45, 7) is 5.88. The van der Waals surface area contributed by atoms with E-state index in [0.717, 1.165) is 0 Å². The van der Waals surface area contributed by atoms with E-state index in [1.165, 1.54) is 28.0 Å². The molecule has 4 amide bonds. The lowest BCUT2D eigenvalue weighted by atomic mass is 9.85. The first-order chi connectivity index (χ1) is 12.1. The average molecular weight is 363 g/mol. The van der Waals surface area contributed by atoms with E-state index < -0.39 is 35.0 Å². The molecule has 26 heavy (non-hydrogen) atoms. The molecule has 0 aromatic heterocycles. The van der Waals surface area contributed by atoms with Crippen LogP contribution in [-0.2, 0) is 9.53 Å². The number of ether oxygens (including phenoxy) is 1. The van der Waals surface area contributed by atoms with E-state index in [1.54, 1.807) is 26.8 Å². The Morgan fingerprint density at radius 1 is 1.23 bits per heavy atom. The zero-order valence-electron chi connectivity index (χ0n) is 15.0. The zero-order chi connectivity index (χ0) is 19.1. The normalized spacial score (nSPS) is 19.7. The minimum Gasteiger partial charge on any atom is -0.444 e. The molecule has 0 unspecified atom stereocenters. The fourth-order valence-corrected chi connectivity index (χ4v) is 3.38. The third kappa shape index (κ3) is 3.23. The van der Waals surface area contributed by atoms with Crippen LogP contribution in [0, 0.1) is 5.82 Å². The maximum absolute atomic E-state index is 13.6. The molecule has 7 nitrogen and oxygen atoms in total. The SMILES string of the molecule is CC(C)(C)OC(=O)N1CCC2(CC1)C(=O)NC(=O)N2c1cccc(F)c1. The van der Waals surface area contributed by atoms with E-state index in [1.807, 2.05) is 0 Å². The number of rotatable bonds is 1. The van der Waals surface area contributed by atoms with E-state index in [9.17, 15) is 18.8 Å². The van der Waals surface area contributed by atoms with Gasteiger partial charge in [0, 0.05) is 18.8 Å². The lowest BCUT2D eigenvalue weighted by Gasteiger charge is -2.42. The Morgan fingerprint density at radius 2 is 1.88 bits per heavy atom. The monoisotopic (exact) mass is 363 g/mol. The first-order valence-electron chi connectivity index (χ1n) is 8.51. The molecule has 2 aliphatic heterocycles. The smallest absolute Gasteiger partial charge is 0.410 e. The number of benzene rings is 1. The number of urea groups is 1. The summed E-state index contributed by atoms with van der Waals surface area (Å²) in [6.07, 6.45) is 0.0510. The van der Waals surface area contributed by atoms with Gasteiger partial charge in [-0.3, -0.25) is 15.0 Å². The Bertz CT molecular complexity index is 751. The van der Waals surface area contributed by atoms with Gasteiger partial charge in [0.2, 0.25) is 0 Å². The number of hydrogen-bond acceptors (Lipinski definition) is 4. The maximum Gasteiger partial charge on any atom is 0.410 e. The molecule has 0 atom stereocenters. The predicted octanol–water partition coefficient (Wildman–Crippen LogP) is 2.65. The van der Waals surface area contributed by atoms with Crippen LogP contribution < -0.4 is 10.2 Å². The highest BCUT2D eigenvalue weighted by Gasteiger charge is 2.55. The minimum absolute atomic E-state index is 0.250. The molecule has 2 aliphatic rings. The molecule has 1 spiro atoms. The molecule has 2 heterocycles. The second-order valence-electron chi connectivity index (χ2n) is 7.57. The number of nitrogens with one attached hydrogen (secondary N) is 1. The summed E-state index contributed by atoms with van der Waals surface area (Å²) >= 11 is 0. The lowest BCUT2D eigenvalue weighted by Crippen LogP contribution is -2.58. The van der Waals surface area contributed by atoms with E-state index in [0.29, 0.717) is 5.69 Å². The number of hydrogen-bond donors (Lipinski definition) is 1. The molecular weight excluding hydrogens is 341 g/mol. The third-order valence-corrected chi connectivity index (χ3v) is 4.58. The molecule has 0 radical (unpaired) electrons. The second-order valence-corrected chi connectivity index (χ2v) is 7.57. The summed E-state index contributed by atoms with van der Waals surface area (Å²) in [4.78, 5) is 39.9. The fourth-order valence-electron chi connectivity index (χ4n) is 3.38. The van der Waals surface area contributed by atoms with E-state index >= 15 is 0 Å². The van der Waals surface area contributed by atoms with Crippen molar-refractivity contribution in [2.24, 2.45) is 0 Å². The second kappa shape index (κ2) is 6.26. The number of carbonyl (C=O) groups excluding carboxylic acids is 3. The van der Waals surface area contributed by atoms with Crippen molar-refractivity contribution in [2.75, 3.05) is 18.0 Å². The molecule has 0 bridgehead atoms. The molecule has 1 aromatic carbocycles. The topological polar surface area (TPSA) is 79.0 Å². The molecule has 0 aliphatic carbocycles. The van der Waals surface area contributed by atoms with Crippen molar-refractivity contribution < 1.29 is 23.5 Å². The predicted molar refractivity (Wildman–Crippen MR) is 92.2 cm³/mol. The van der Waals surface area contributed by atoms with Crippen LogP contribution >= 0.6 is 0 Å². The summed E-state index contributed by atoms with van der Waals surface area (Å²) in [5.74, 6) is -0.911. The molecule has 1 aromatic rings. The van der Waals surface area contributed by atoms with Gasteiger partial charge in [0.15, 0.2) is 0 Å². The zero-order valence-corrected chi connectivity index (χ0v) is 15.0. The van der Waals surface area contributed by atoms with Crippen LogP contribution in [0.1, 0.15) is 33.6 Å². The number of likely N-dealkylation sites (tertiary alicyclic amines) is 1. The largest absolute Gasteiger partial charge is 0.444 e. The van der Waals surface area contributed by atoms with Gasteiger partial charge in [0.25, 0.3) is 5.91 Å². The summed E-state index contributed by atoms with van der Waals surface area (Å²) in [7, 11) is 0. The number of anilines is 1. The minimum atomic E-state index is -1.12. The molecular formula is C18H22FN3O4. The van der Waals surface area contributed by atoms with Gasteiger partial charge in [-0.1, -0.05) is 6.07 Å². The summed E-state index contributed by atoms with van der Waals surface area (Å²) in [5.41, 5.74) is -1.41. The molecule has 140 valence electrons. The van der Waals surface area contributed by atoms with Crippen LogP contribution in [0.2, 0.25) is 0 Å². The molecule has 0 saturated carbocycles. The van der Waals surface area contributed by atoms with Crippen molar-refractivity contribution in [1.29, 1.82) is 0 Å². The summed E-state index contributed by atoms with van der Waals surface area (Å²) in [5, 5.41) is 2.32. The van der Waals surface area contributed by atoms with Crippen LogP contribution in [0.5, 0.6) is 0 Å². The van der Waals surface area contributed by atoms with Gasteiger partial charge in [-0.2, -0.15) is 0 Å².